The van der Waals surface area contributed by atoms with E-state index in [0.29, 0.717) is 17.8 Å². The lowest BCUT2D eigenvalue weighted by atomic mass is 9.85. The molecule has 0 radical (unpaired) electrons. The minimum Gasteiger partial charge on any atom is -0.388 e. The van der Waals surface area contributed by atoms with Crippen LogP contribution >= 0.6 is 0 Å². The molecule has 1 aliphatic carbocycles. The summed E-state index contributed by atoms with van der Waals surface area (Å²) in [4.78, 5) is 10.7. The summed E-state index contributed by atoms with van der Waals surface area (Å²) in [7, 11) is 0. The molecule has 5 heteroatoms. The normalized spacial score (nSPS) is 18.0. The van der Waals surface area contributed by atoms with E-state index in [2.05, 4.69) is 5.32 Å². The first kappa shape index (κ1) is 13.8. The molecule has 0 saturated heterocycles. The van der Waals surface area contributed by atoms with Crippen LogP contribution in [0.3, 0.4) is 0 Å². The van der Waals surface area contributed by atoms with Gasteiger partial charge in [-0.05, 0) is 25.8 Å². The fraction of sp³-hybridized carbons (Fsp3) is 0.571. The molecule has 2 rings (SSSR count). The van der Waals surface area contributed by atoms with Crippen LogP contribution in [0.5, 0.6) is 0 Å². The highest BCUT2D eigenvalue weighted by atomic mass is 16.6. The first-order valence-corrected chi connectivity index (χ1v) is 6.72. The molecule has 0 unspecified atom stereocenters. The number of nitro benzene ring substituents is 1. The third-order valence-electron chi connectivity index (χ3n) is 3.81. The number of aryl methyl sites for hydroxylation is 1. The number of benzene rings is 1. The fourth-order valence-electron chi connectivity index (χ4n) is 2.69. The van der Waals surface area contributed by atoms with Gasteiger partial charge in [0.2, 0.25) is 0 Å². The Kier molecular flexibility index (Phi) is 4.04. The van der Waals surface area contributed by atoms with Crippen molar-refractivity contribution in [2.75, 3.05) is 11.9 Å². The van der Waals surface area contributed by atoms with Crippen molar-refractivity contribution in [3.8, 4) is 0 Å². The maximum Gasteiger partial charge on any atom is 0.295 e. The lowest BCUT2D eigenvalue weighted by Gasteiger charge is -2.32. The van der Waals surface area contributed by atoms with Gasteiger partial charge in [-0.15, -0.1) is 0 Å². The second kappa shape index (κ2) is 5.57. The van der Waals surface area contributed by atoms with Crippen LogP contribution in [0.4, 0.5) is 11.4 Å². The van der Waals surface area contributed by atoms with Gasteiger partial charge in [-0.1, -0.05) is 31.4 Å². The molecule has 0 aromatic heterocycles. The van der Waals surface area contributed by atoms with Gasteiger partial charge in [-0.25, -0.2) is 0 Å². The number of aliphatic hydroxyl groups is 1. The Bertz CT molecular complexity index is 468. The van der Waals surface area contributed by atoms with Gasteiger partial charge in [0, 0.05) is 12.1 Å². The molecule has 1 fully saturated rings. The minimum atomic E-state index is -0.726. The lowest BCUT2D eigenvalue weighted by molar-refractivity contribution is -0.384. The monoisotopic (exact) mass is 264 g/mol. The summed E-state index contributed by atoms with van der Waals surface area (Å²) in [5, 5.41) is 24.5. The van der Waals surface area contributed by atoms with E-state index in [1.807, 2.05) is 0 Å². The molecule has 5 nitrogen and oxygen atoms in total. The average Bonchev–Trinajstić information content (AvgIpc) is 2.37. The van der Waals surface area contributed by atoms with Gasteiger partial charge >= 0.3 is 0 Å². The van der Waals surface area contributed by atoms with Gasteiger partial charge < -0.3 is 10.4 Å². The summed E-state index contributed by atoms with van der Waals surface area (Å²) in [5.74, 6) is 0. The predicted molar refractivity (Wildman–Crippen MR) is 74.4 cm³/mol. The molecule has 0 heterocycles. The molecule has 1 aromatic rings. The van der Waals surface area contributed by atoms with Crippen LogP contribution < -0.4 is 5.32 Å². The topological polar surface area (TPSA) is 75.4 Å². The largest absolute Gasteiger partial charge is 0.388 e. The van der Waals surface area contributed by atoms with Crippen molar-refractivity contribution in [3.05, 3.63) is 33.9 Å². The van der Waals surface area contributed by atoms with Crippen molar-refractivity contribution in [1.82, 2.24) is 0 Å². The van der Waals surface area contributed by atoms with E-state index >= 15 is 0 Å². The van der Waals surface area contributed by atoms with E-state index in [0.717, 1.165) is 32.1 Å². The molecule has 0 spiro atoms. The summed E-state index contributed by atoms with van der Waals surface area (Å²) in [6, 6.07) is 5.20. The zero-order valence-corrected chi connectivity index (χ0v) is 11.2. The van der Waals surface area contributed by atoms with Gasteiger partial charge in [0.25, 0.3) is 5.69 Å². The molecular weight excluding hydrogens is 244 g/mol. The van der Waals surface area contributed by atoms with Crippen LogP contribution in [0.15, 0.2) is 18.2 Å². The van der Waals surface area contributed by atoms with Crippen LogP contribution in [0.2, 0.25) is 0 Å². The van der Waals surface area contributed by atoms with E-state index < -0.39 is 5.60 Å². The van der Waals surface area contributed by atoms with Gasteiger partial charge in [-0.3, -0.25) is 10.1 Å². The van der Waals surface area contributed by atoms with E-state index in [1.54, 1.807) is 25.1 Å². The second-order valence-corrected chi connectivity index (χ2v) is 5.37. The quantitative estimate of drug-likeness (QED) is 0.647. The highest BCUT2D eigenvalue weighted by molar-refractivity contribution is 5.65. The Morgan fingerprint density at radius 3 is 2.68 bits per heavy atom. The first-order valence-electron chi connectivity index (χ1n) is 6.72. The molecule has 1 saturated carbocycles. The molecule has 0 atom stereocenters. The molecule has 0 bridgehead atoms. The number of para-hydroxylation sites is 1. The van der Waals surface area contributed by atoms with Crippen molar-refractivity contribution in [2.45, 2.75) is 44.6 Å². The Hall–Kier alpha value is -1.62. The maximum absolute atomic E-state index is 11.1. The van der Waals surface area contributed by atoms with Crippen molar-refractivity contribution < 1.29 is 10.0 Å². The molecular formula is C14H20N2O3. The highest BCUT2D eigenvalue weighted by Gasteiger charge is 2.29. The van der Waals surface area contributed by atoms with Crippen LogP contribution in [-0.4, -0.2) is 22.2 Å². The summed E-state index contributed by atoms with van der Waals surface area (Å²) >= 11 is 0. The number of nitrogens with one attached hydrogen (secondary N) is 1. The Balaban J connectivity index is 2.11. The van der Waals surface area contributed by atoms with E-state index in [9.17, 15) is 15.2 Å². The van der Waals surface area contributed by atoms with E-state index in [1.165, 1.54) is 0 Å². The Morgan fingerprint density at radius 1 is 1.37 bits per heavy atom. The molecule has 1 aliphatic rings. The van der Waals surface area contributed by atoms with Crippen molar-refractivity contribution in [1.29, 1.82) is 0 Å². The maximum atomic E-state index is 11.1. The second-order valence-electron chi connectivity index (χ2n) is 5.37. The minimum absolute atomic E-state index is 0.0990. The number of rotatable bonds is 4. The SMILES string of the molecule is Cc1cccc(NCC2(O)CCCCC2)c1[N+](=O)[O-]. The molecule has 0 amide bonds. The van der Waals surface area contributed by atoms with Gasteiger partial charge in [0.15, 0.2) is 0 Å². The summed E-state index contributed by atoms with van der Waals surface area (Å²) < 4.78 is 0. The standard InChI is InChI=1S/C14H20N2O3/c1-11-6-5-7-12(13(11)16(18)19)15-10-14(17)8-3-2-4-9-14/h5-7,15,17H,2-4,8-10H2,1H3. The van der Waals surface area contributed by atoms with Gasteiger partial charge in [0.05, 0.1) is 10.5 Å². The van der Waals surface area contributed by atoms with Crippen molar-refractivity contribution >= 4 is 11.4 Å². The number of nitro groups is 1. The Morgan fingerprint density at radius 2 is 2.05 bits per heavy atom. The Labute approximate surface area is 112 Å². The number of hydrogen-bond acceptors (Lipinski definition) is 4. The summed E-state index contributed by atoms with van der Waals surface area (Å²) in [5.41, 5.74) is 0.493. The zero-order chi connectivity index (χ0) is 13.9. The smallest absolute Gasteiger partial charge is 0.295 e. The summed E-state index contributed by atoms with van der Waals surface area (Å²) in [6.45, 7) is 2.09. The average molecular weight is 264 g/mol. The molecule has 104 valence electrons. The molecule has 0 aliphatic heterocycles. The van der Waals surface area contributed by atoms with Crippen molar-refractivity contribution in [2.24, 2.45) is 0 Å². The number of nitrogens with zero attached hydrogens (tertiary/aromatic N) is 1. The molecule has 1 aromatic carbocycles. The predicted octanol–water partition coefficient (Wildman–Crippen LogP) is 3.01. The highest BCUT2D eigenvalue weighted by Crippen LogP contribution is 2.31. The lowest BCUT2D eigenvalue weighted by Crippen LogP contribution is -2.38. The fourth-order valence-corrected chi connectivity index (χ4v) is 2.69. The van der Waals surface area contributed by atoms with Crippen molar-refractivity contribution in [3.63, 3.8) is 0 Å². The molecule has 2 N–H and O–H groups in total. The van der Waals surface area contributed by atoms with E-state index in [4.69, 9.17) is 0 Å². The third kappa shape index (κ3) is 3.23. The molecule has 19 heavy (non-hydrogen) atoms. The van der Waals surface area contributed by atoms with Gasteiger partial charge in [-0.2, -0.15) is 0 Å². The van der Waals surface area contributed by atoms with Crippen LogP contribution in [0.1, 0.15) is 37.7 Å². The first-order chi connectivity index (χ1) is 9.02. The number of hydrogen-bond donors (Lipinski definition) is 2. The van der Waals surface area contributed by atoms with E-state index in [-0.39, 0.29) is 10.6 Å². The van der Waals surface area contributed by atoms with Gasteiger partial charge in [0.1, 0.15) is 5.69 Å². The van der Waals surface area contributed by atoms with Crippen LogP contribution in [0.25, 0.3) is 0 Å². The summed E-state index contributed by atoms with van der Waals surface area (Å²) in [6.07, 6.45) is 4.73. The third-order valence-corrected chi connectivity index (χ3v) is 3.81. The number of anilines is 1. The van der Waals surface area contributed by atoms with Crippen LogP contribution in [-0.2, 0) is 0 Å². The van der Waals surface area contributed by atoms with Crippen LogP contribution in [0, 0.1) is 17.0 Å². The zero-order valence-electron chi connectivity index (χ0n) is 11.2.